The highest BCUT2D eigenvalue weighted by atomic mass is 19.4. The Labute approximate surface area is 210 Å². The van der Waals surface area contributed by atoms with Crippen molar-refractivity contribution >= 4 is 17.6 Å². The van der Waals surface area contributed by atoms with E-state index in [1.54, 1.807) is 0 Å². The van der Waals surface area contributed by atoms with Gasteiger partial charge in [-0.05, 0) is 73.8 Å². The van der Waals surface area contributed by atoms with Crippen LogP contribution in [0.3, 0.4) is 0 Å². The second-order valence-electron chi connectivity index (χ2n) is 11.6. The molecule has 1 heterocycles. The molecule has 0 bridgehead atoms. The summed E-state index contributed by atoms with van der Waals surface area (Å²) in [4.78, 5) is 25.0. The number of ether oxygens (including phenoxy) is 1. The fourth-order valence-corrected chi connectivity index (χ4v) is 7.89. The van der Waals surface area contributed by atoms with Crippen LogP contribution in [0.4, 0.5) is 32.0 Å². The molecule has 10 heteroatoms. The average Bonchev–Trinajstić information content (AvgIpc) is 3.16. The number of benzene rings is 1. The van der Waals surface area contributed by atoms with Gasteiger partial charge in [0.15, 0.2) is 0 Å². The van der Waals surface area contributed by atoms with E-state index in [0.29, 0.717) is 25.3 Å². The molecule has 5 rings (SSSR count). The van der Waals surface area contributed by atoms with Crippen LogP contribution >= 0.6 is 0 Å². The van der Waals surface area contributed by atoms with Crippen LogP contribution in [0, 0.1) is 34.5 Å². The lowest BCUT2D eigenvalue weighted by Gasteiger charge is -2.57. The molecule has 3 saturated carbocycles. The molecule has 4 aliphatic rings. The Balaban J connectivity index is 1.38. The van der Waals surface area contributed by atoms with Crippen LogP contribution in [0.25, 0.3) is 0 Å². The Hall–Kier alpha value is -2.52. The molecule has 1 aromatic rings. The van der Waals surface area contributed by atoms with Crippen LogP contribution in [0.5, 0.6) is 0 Å². The minimum atomic E-state index is -5.29. The fraction of sp³-hybridized carbons (Fsp3) is 0.630. The Morgan fingerprint density at radius 2 is 1.76 bits per heavy atom. The molecule has 37 heavy (non-hydrogen) atoms. The average molecular weight is 530 g/mol. The van der Waals surface area contributed by atoms with Crippen molar-refractivity contribution < 1.29 is 40.7 Å². The predicted molar refractivity (Wildman–Crippen MR) is 122 cm³/mol. The van der Waals surface area contributed by atoms with Crippen molar-refractivity contribution in [3.8, 4) is 0 Å². The van der Waals surface area contributed by atoms with Crippen LogP contribution in [0.15, 0.2) is 30.4 Å². The molecule has 0 saturated heterocycles. The summed E-state index contributed by atoms with van der Waals surface area (Å²) in [6.07, 6.45) is -3.10. The molecule has 1 aromatic carbocycles. The van der Waals surface area contributed by atoms with Gasteiger partial charge in [0, 0.05) is 17.4 Å². The molecule has 1 N–H and O–H groups in total. The molecule has 7 atom stereocenters. The van der Waals surface area contributed by atoms with Gasteiger partial charge in [-0.2, -0.15) is 26.3 Å². The van der Waals surface area contributed by atoms with E-state index in [4.69, 9.17) is 4.74 Å². The van der Waals surface area contributed by atoms with Gasteiger partial charge >= 0.3 is 18.3 Å². The van der Waals surface area contributed by atoms with Crippen LogP contribution in [0.2, 0.25) is 0 Å². The zero-order chi connectivity index (χ0) is 27.0. The van der Waals surface area contributed by atoms with Gasteiger partial charge in [0.05, 0.1) is 16.8 Å². The first kappa shape index (κ1) is 26.1. The highest BCUT2D eigenvalue weighted by Gasteiger charge is 2.60. The summed E-state index contributed by atoms with van der Waals surface area (Å²) in [7, 11) is 0. The summed E-state index contributed by atoms with van der Waals surface area (Å²) in [6.45, 7) is 4.21. The minimum absolute atomic E-state index is 0.148. The zero-order valence-electron chi connectivity index (χ0n) is 20.5. The lowest BCUT2D eigenvalue weighted by molar-refractivity contribution is -0.166. The van der Waals surface area contributed by atoms with E-state index in [1.165, 1.54) is 6.08 Å². The van der Waals surface area contributed by atoms with Gasteiger partial charge in [-0.25, -0.2) is 4.79 Å². The van der Waals surface area contributed by atoms with E-state index >= 15 is 0 Å². The molecule has 1 aliphatic heterocycles. The third-order valence-corrected chi connectivity index (χ3v) is 9.58. The van der Waals surface area contributed by atoms with Crippen molar-refractivity contribution in [1.29, 1.82) is 0 Å². The van der Waals surface area contributed by atoms with E-state index in [-0.39, 0.29) is 40.7 Å². The molecule has 4 nitrogen and oxygen atoms in total. The van der Waals surface area contributed by atoms with Crippen LogP contribution in [-0.4, -0.2) is 18.0 Å². The SMILES string of the molecule is C[C@]12CC[C@@H]3[C@@H](CCC4OC(=O)C=C[C@@]43C)[C@@H]1CC(C(=O)Nc1cccc(C(F)(F)F)c1C(F)(F)F)C2. The highest BCUT2D eigenvalue weighted by molar-refractivity contribution is 5.94. The molecule has 0 radical (unpaired) electrons. The molecule has 0 spiro atoms. The maximum atomic E-state index is 13.7. The van der Waals surface area contributed by atoms with Gasteiger partial charge in [-0.15, -0.1) is 0 Å². The van der Waals surface area contributed by atoms with E-state index in [0.717, 1.165) is 31.4 Å². The highest BCUT2D eigenvalue weighted by Crippen LogP contribution is 2.65. The lowest BCUT2D eigenvalue weighted by Crippen LogP contribution is -2.54. The number of rotatable bonds is 2. The summed E-state index contributed by atoms with van der Waals surface area (Å²) in [5, 5.41) is 2.20. The summed E-state index contributed by atoms with van der Waals surface area (Å²) in [6, 6.07) is 2.11. The van der Waals surface area contributed by atoms with Gasteiger partial charge in [0.1, 0.15) is 6.10 Å². The molecule has 3 aliphatic carbocycles. The van der Waals surface area contributed by atoms with Crippen molar-refractivity contribution in [3.05, 3.63) is 41.5 Å². The number of esters is 1. The molecule has 2 unspecified atom stereocenters. The fourth-order valence-electron chi connectivity index (χ4n) is 7.89. The van der Waals surface area contributed by atoms with Crippen molar-refractivity contribution in [3.63, 3.8) is 0 Å². The van der Waals surface area contributed by atoms with E-state index < -0.39 is 41.0 Å². The van der Waals surface area contributed by atoms with Gasteiger partial charge < -0.3 is 10.1 Å². The van der Waals surface area contributed by atoms with Crippen molar-refractivity contribution in [2.24, 2.45) is 34.5 Å². The first-order valence-corrected chi connectivity index (χ1v) is 12.6. The maximum absolute atomic E-state index is 13.7. The standard InChI is InChI=1S/C27H29F6NO3/c1-24-10-8-16-15(6-7-20-25(16,2)11-9-21(35)37-20)18(24)12-14(13-24)23(36)34-19-5-3-4-17(26(28,29)30)22(19)27(31,32)33/h3-5,9,11,14-16,18,20H,6-8,10,12-13H2,1-2H3,(H,34,36)/t14?,15-,16-,18+,20?,24-,25-/m1/s1. The Morgan fingerprint density at radius 3 is 2.43 bits per heavy atom. The first-order chi connectivity index (χ1) is 17.1. The minimum Gasteiger partial charge on any atom is -0.458 e. The molecule has 202 valence electrons. The third-order valence-electron chi connectivity index (χ3n) is 9.58. The van der Waals surface area contributed by atoms with Crippen LogP contribution in [0.1, 0.15) is 63.5 Å². The molecule has 0 aromatic heterocycles. The Kier molecular flexibility index (Phi) is 5.99. The predicted octanol–water partition coefficient (Wildman–Crippen LogP) is 7.00. The van der Waals surface area contributed by atoms with Crippen molar-refractivity contribution in [2.45, 2.75) is 70.8 Å². The Bertz CT molecular complexity index is 1140. The van der Waals surface area contributed by atoms with Gasteiger partial charge in [-0.3, -0.25) is 4.79 Å². The van der Waals surface area contributed by atoms with E-state index in [9.17, 15) is 35.9 Å². The summed E-state index contributed by atoms with van der Waals surface area (Å²) in [5.74, 6) is -0.964. The Morgan fingerprint density at radius 1 is 1.03 bits per heavy atom. The number of halogens is 6. The van der Waals surface area contributed by atoms with Gasteiger partial charge in [-0.1, -0.05) is 26.0 Å². The normalized spacial score (nSPS) is 37.3. The lowest BCUT2D eigenvalue weighted by atomic mass is 9.49. The number of alkyl halides is 6. The summed E-state index contributed by atoms with van der Waals surface area (Å²) in [5.41, 5.74) is -5.06. The van der Waals surface area contributed by atoms with Crippen LogP contribution < -0.4 is 5.32 Å². The zero-order valence-corrected chi connectivity index (χ0v) is 20.5. The smallest absolute Gasteiger partial charge is 0.419 e. The summed E-state index contributed by atoms with van der Waals surface area (Å²) >= 11 is 0. The van der Waals surface area contributed by atoms with Crippen molar-refractivity contribution in [1.82, 2.24) is 0 Å². The second kappa shape index (κ2) is 8.50. The number of hydrogen-bond acceptors (Lipinski definition) is 3. The third kappa shape index (κ3) is 4.34. The summed E-state index contributed by atoms with van der Waals surface area (Å²) < 4.78 is 86.6. The topological polar surface area (TPSA) is 55.4 Å². The molecular weight excluding hydrogens is 500 g/mol. The largest absolute Gasteiger partial charge is 0.458 e. The number of carbonyl (C=O) groups excluding carboxylic acids is 2. The number of amides is 1. The number of fused-ring (bicyclic) bond motifs is 5. The van der Waals surface area contributed by atoms with Gasteiger partial charge in [0.25, 0.3) is 0 Å². The number of anilines is 1. The number of nitrogens with one attached hydrogen (secondary N) is 1. The van der Waals surface area contributed by atoms with Crippen molar-refractivity contribution in [2.75, 3.05) is 5.32 Å². The molecule has 3 fully saturated rings. The molecule has 1 amide bonds. The molecular formula is C27H29F6NO3. The van der Waals surface area contributed by atoms with Gasteiger partial charge in [0.2, 0.25) is 5.91 Å². The van der Waals surface area contributed by atoms with E-state index in [1.807, 2.05) is 6.08 Å². The quantitative estimate of drug-likeness (QED) is 0.332. The van der Waals surface area contributed by atoms with Crippen LogP contribution in [-0.2, 0) is 26.7 Å². The number of carbonyl (C=O) groups is 2. The second-order valence-corrected chi connectivity index (χ2v) is 11.6. The first-order valence-electron chi connectivity index (χ1n) is 12.6. The monoisotopic (exact) mass is 529 g/mol. The maximum Gasteiger partial charge on any atom is 0.419 e. The number of hydrogen-bond donors (Lipinski definition) is 1. The van der Waals surface area contributed by atoms with E-state index in [2.05, 4.69) is 19.2 Å².